The number of nitrogens with one attached hydrogen (secondary N) is 2. The van der Waals surface area contributed by atoms with Crippen molar-refractivity contribution < 1.29 is 9.59 Å². The number of hydrogen-bond donors (Lipinski definition) is 2. The van der Waals surface area contributed by atoms with Crippen LogP contribution in [0.5, 0.6) is 0 Å². The normalized spacial score (nSPS) is 18.6. The Hall–Kier alpha value is -2.30. The topological polar surface area (TPSA) is 61.4 Å². The number of benzene rings is 1. The van der Waals surface area contributed by atoms with Gasteiger partial charge in [-0.25, -0.2) is 4.79 Å². The van der Waals surface area contributed by atoms with Gasteiger partial charge in [-0.3, -0.25) is 9.69 Å². The molecular formula is C15H19N3O2. The van der Waals surface area contributed by atoms with Crippen LogP contribution in [0.4, 0.5) is 4.79 Å². The molecule has 1 aliphatic heterocycles. The molecule has 1 aromatic carbocycles. The molecule has 1 unspecified atom stereocenters. The monoisotopic (exact) mass is 273 g/mol. The molecule has 1 atom stereocenters. The van der Waals surface area contributed by atoms with Crippen molar-refractivity contribution in [1.29, 1.82) is 0 Å². The predicted octanol–water partition coefficient (Wildman–Crippen LogP) is 2.08. The minimum Gasteiger partial charge on any atom is -0.328 e. The highest BCUT2D eigenvalue weighted by atomic mass is 16.2. The fourth-order valence-electron chi connectivity index (χ4n) is 2.00. The zero-order valence-corrected chi connectivity index (χ0v) is 11.9. The van der Waals surface area contributed by atoms with Gasteiger partial charge in [0.15, 0.2) is 0 Å². The van der Waals surface area contributed by atoms with E-state index < -0.39 is 6.17 Å². The van der Waals surface area contributed by atoms with E-state index in [9.17, 15) is 9.59 Å². The summed E-state index contributed by atoms with van der Waals surface area (Å²) in [5.74, 6) is -0.207. The summed E-state index contributed by atoms with van der Waals surface area (Å²) in [5.41, 5.74) is 1.46. The second kappa shape index (κ2) is 5.77. The molecular weight excluding hydrogens is 254 g/mol. The zero-order valence-electron chi connectivity index (χ0n) is 11.9. The van der Waals surface area contributed by atoms with Crippen LogP contribution in [-0.4, -0.2) is 29.0 Å². The van der Waals surface area contributed by atoms with Gasteiger partial charge in [0.2, 0.25) is 0 Å². The summed E-state index contributed by atoms with van der Waals surface area (Å²) >= 11 is 0. The highest BCUT2D eigenvalue weighted by molar-refractivity contribution is 5.95. The van der Waals surface area contributed by atoms with Crippen LogP contribution in [0.3, 0.4) is 0 Å². The Bertz CT molecular complexity index is 537. The van der Waals surface area contributed by atoms with Gasteiger partial charge in [0.25, 0.3) is 5.91 Å². The van der Waals surface area contributed by atoms with Crippen molar-refractivity contribution >= 4 is 11.9 Å². The largest absolute Gasteiger partial charge is 0.328 e. The minimum atomic E-state index is -0.467. The molecule has 2 rings (SSSR count). The molecule has 0 fully saturated rings. The third-order valence-electron chi connectivity index (χ3n) is 3.17. The molecule has 1 heterocycles. The molecule has 0 bridgehead atoms. The van der Waals surface area contributed by atoms with Crippen LogP contribution in [0.2, 0.25) is 0 Å². The average Bonchev–Trinajstić information content (AvgIpc) is 2.43. The molecule has 20 heavy (non-hydrogen) atoms. The van der Waals surface area contributed by atoms with Gasteiger partial charge in [-0.15, -0.1) is 0 Å². The molecule has 0 aromatic heterocycles. The van der Waals surface area contributed by atoms with Gasteiger partial charge in [0, 0.05) is 17.8 Å². The SMILES string of the molecule is CC1=CN(C(C)C)C(=O)NC1NC(=O)c1ccccc1. The van der Waals surface area contributed by atoms with Crippen molar-refractivity contribution in [2.75, 3.05) is 0 Å². The maximum atomic E-state index is 12.1. The van der Waals surface area contributed by atoms with Gasteiger partial charge in [-0.05, 0) is 38.5 Å². The summed E-state index contributed by atoms with van der Waals surface area (Å²) in [5, 5.41) is 5.59. The van der Waals surface area contributed by atoms with Crippen molar-refractivity contribution in [3.05, 3.63) is 47.7 Å². The lowest BCUT2D eigenvalue weighted by Gasteiger charge is -2.33. The fraction of sp³-hybridized carbons (Fsp3) is 0.333. The van der Waals surface area contributed by atoms with E-state index in [1.807, 2.05) is 26.8 Å². The Labute approximate surface area is 118 Å². The molecule has 0 saturated heterocycles. The number of nitrogens with zero attached hydrogens (tertiary/aromatic N) is 1. The van der Waals surface area contributed by atoms with Gasteiger partial charge in [0.1, 0.15) is 6.17 Å². The Balaban J connectivity index is 2.10. The molecule has 2 N–H and O–H groups in total. The summed E-state index contributed by atoms with van der Waals surface area (Å²) < 4.78 is 0. The Morgan fingerprint density at radius 3 is 2.55 bits per heavy atom. The maximum absolute atomic E-state index is 12.1. The Morgan fingerprint density at radius 2 is 1.95 bits per heavy atom. The van der Waals surface area contributed by atoms with E-state index in [0.29, 0.717) is 5.56 Å². The van der Waals surface area contributed by atoms with Crippen LogP contribution < -0.4 is 10.6 Å². The number of rotatable bonds is 3. The first kappa shape index (κ1) is 14.1. The van der Waals surface area contributed by atoms with E-state index in [1.54, 1.807) is 35.4 Å². The molecule has 5 nitrogen and oxygen atoms in total. The standard InChI is InChI=1S/C15H19N3O2/c1-10(2)18-9-11(3)13(17-15(18)20)16-14(19)12-7-5-4-6-8-12/h4-10,13H,1-3H3,(H,16,19)(H,17,20). The third-order valence-corrected chi connectivity index (χ3v) is 3.17. The van der Waals surface area contributed by atoms with Crippen molar-refractivity contribution in [3.63, 3.8) is 0 Å². The van der Waals surface area contributed by atoms with Crippen molar-refractivity contribution in [3.8, 4) is 0 Å². The highest BCUT2D eigenvalue weighted by Crippen LogP contribution is 2.12. The number of urea groups is 1. The molecule has 0 radical (unpaired) electrons. The van der Waals surface area contributed by atoms with Gasteiger partial charge < -0.3 is 10.6 Å². The fourth-order valence-corrected chi connectivity index (χ4v) is 2.00. The molecule has 0 aliphatic carbocycles. The lowest BCUT2D eigenvalue weighted by Crippen LogP contribution is -2.56. The summed E-state index contributed by atoms with van der Waals surface area (Å²) in [6.07, 6.45) is 1.31. The van der Waals surface area contributed by atoms with E-state index in [-0.39, 0.29) is 18.0 Å². The Kier molecular flexibility index (Phi) is 4.08. The number of carbonyl (C=O) groups is 2. The summed E-state index contributed by atoms with van der Waals surface area (Å²) in [6.45, 7) is 5.75. The molecule has 3 amide bonds. The quantitative estimate of drug-likeness (QED) is 0.885. The van der Waals surface area contributed by atoms with E-state index >= 15 is 0 Å². The predicted molar refractivity (Wildman–Crippen MR) is 77.0 cm³/mol. The molecule has 106 valence electrons. The molecule has 0 spiro atoms. The molecule has 1 aromatic rings. The van der Waals surface area contributed by atoms with E-state index in [2.05, 4.69) is 10.6 Å². The van der Waals surface area contributed by atoms with E-state index in [1.165, 1.54) is 0 Å². The number of carbonyl (C=O) groups excluding carboxylic acids is 2. The van der Waals surface area contributed by atoms with Crippen LogP contribution in [0.15, 0.2) is 42.1 Å². The van der Waals surface area contributed by atoms with Crippen LogP contribution in [0.25, 0.3) is 0 Å². The molecule has 5 heteroatoms. The second-order valence-electron chi connectivity index (χ2n) is 5.10. The van der Waals surface area contributed by atoms with E-state index in [0.717, 1.165) is 5.57 Å². The smallest absolute Gasteiger partial charge is 0.323 e. The first-order chi connectivity index (χ1) is 9.49. The van der Waals surface area contributed by atoms with E-state index in [4.69, 9.17) is 0 Å². The van der Waals surface area contributed by atoms with Crippen molar-refractivity contribution in [1.82, 2.24) is 15.5 Å². The van der Waals surface area contributed by atoms with Gasteiger partial charge in [0.05, 0.1) is 0 Å². The zero-order chi connectivity index (χ0) is 14.7. The molecule has 1 aliphatic rings. The highest BCUT2D eigenvalue weighted by Gasteiger charge is 2.27. The summed E-state index contributed by atoms with van der Waals surface area (Å²) in [7, 11) is 0. The second-order valence-corrected chi connectivity index (χ2v) is 5.10. The van der Waals surface area contributed by atoms with Crippen LogP contribution in [0.1, 0.15) is 31.1 Å². The van der Waals surface area contributed by atoms with Crippen LogP contribution >= 0.6 is 0 Å². The molecule has 0 saturated carbocycles. The van der Waals surface area contributed by atoms with Gasteiger partial charge in [-0.1, -0.05) is 18.2 Å². The van der Waals surface area contributed by atoms with Gasteiger partial charge in [-0.2, -0.15) is 0 Å². The third kappa shape index (κ3) is 2.99. The Morgan fingerprint density at radius 1 is 1.30 bits per heavy atom. The summed E-state index contributed by atoms with van der Waals surface area (Å²) in [4.78, 5) is 25.6. The lowest BCUT2D eigenvalue weighted by atomic mass is 10.1. The minimum absolute atomic E-state index is 0.0794. The average molecular weight is 273 g/mol. The van der Waals surface area contributed by atoms with Crippen molar-refractivity contribution in [2.45, 2.75) is 33.0 Å². The number of amides is 3. The first-order valence-corrected chi connectivity index (χ1v) is 6.62. The summed E-state index contributed by atoms with van der Waals surface area (Å²) in [6, 6.07) is 8.80. The van der Waals surface area contributed by atoms with Crippen LogP contribution in [-0.2, 0) is 0 Å². The van der Waals surface area contributed by atoms with Crippen molar-refractivity contribution in [2.24, 2.45) is 0 Å². The first-order valence-electron chi connectivity index (χ1n) is 6.62. The lowest BCUT2D eigenvalue weighted by molar-refractivity contribution is 0.0934. The van der Waals surface area contributed by atoms with Crippen LogP contribution in [0, 0.1) is 0 Å². The van der Waals surface area contributed by atoms with Gasteiger partial charge >= 0.3 is 6.03 Å². The maximum Gasteiger partial charge on any atom is 0.323 e. The number of hydrogen-bond acceptors (Lipinski definition) is 2.